The molecule has 0 radical (unpaired) electrons. The van der Waals surface area contributed by atoms with Crippen molar-refractivity contribution < 1.29 is 28.6 Å². The zero-order valence-electron chi connectivity index (χ0n) is 21.2. The zero-order valence-corrected chi connectivity index (χ0v) is 21.2. The number of hydrogen-bond donors (Lipinski definition) is 2. The number of benzene rings is 3. The molecule has 1 fully saturated rings. The Balaban J connectivity index is 1.46. The second-order valence-corrected chi connectivity index (χ2v) is 9.00. The largest absolute Gasteiger partial charge is 0.493 e. The van der Waals surface area contributed by atoms with Gasteiger partial charge in [-0.25, -0.2) is 0 Å². The van der Waals surface area contributed by atoms with Crippen molar-refractivity contribution in [2.45, 2.75) is 12.8 Å². The van der Waals surface area contributed by atoms with Crippen molar-refractivity contribution in [1.29, 1.82) is 0 Å². The number of primary amides is 1. The van der Waals surface area contributed by atoms with Gasteiger partial charge in [-0.3, -0.25) is 14.4 Å². The number of carbonyl (C=O) groups excluding carboxylic acids is 3. The molecule has 0 aliphatic carbocycles. The highest BCUT2D eigenvalue weighted by molar-refractivity contribution is 5.90. The predicted octanol–water partition coefficient (Wildman–Crippen LogP) is 2.53. The number of methoxy groups -OCH3 is 3. The summed E-state index contributed by atoms with van der Waals surface area (Å²) < 4.78 is 16.4. The second kappa shape index (κ2) is 11.2. The highest BCUT2D eigenvalue weighted by Crippen LogP contribution is 2.41. The minimum atomic E-state index is -0.592. The van der Waals surface area contributed by atoms with Crippen molar-refractivity contribution >= 4 is 28.5 Å². The minimum Gasteiger partial charge on any atom is -0.493 e. The molecule has 1 saturated heterocycles. The molecule has 3 aromatic rings. The van der Waals surface area contributed by atoms with Crippen LogP contribution in [-0.4, -0.2) is 63.6 Å². The Morgan fingerprint density at radius 2 is 1.59 bits per heavy atom. The third kappa shape index (κ3) is 5.77. The number of hydrogen-bond acceptors (Lipinski definition) is 6. The Kier molecular flexibility index (Phi) is 7.81. The number of nitrogens with two attached hydrogens (primary N) is 1. The Morgan fingerprint density at radius 3 is 2.24 bits per heavy atom. The summed E-state index contributed by atoms with van der Waals surface area (Å²) in [6, 6.07) is 15.9. The maximum absolute atomic E-state index is 12.9. The van der Waals surface area contributed by atoms with Crippen molar-refractivity contribution in [3.05, 3.63) is 54.1 Å². The summed E-state index contributed by atoms with van der Waals surface area (Å²) >= 11 is 0. The summed E-state index contributed by atoms with van der Waals surface area (Å²) in [6.45, 7) is 0.663. The van der Waals surface area contributed by atoms with Gasteiger partial charge in [0.1, 0.15) is 0 Å². The molecule has 194 valence electrons. The van der Waals surface area contributed by atoms with Crippen LogP contribution in [-0.2, 0) is 20.8 Å². The summed E-state index contributed by atoms with van der Waals surface area (Å²) in [7, 11) is 4.75. The first-order valence-electron chi connectivity index (χ1n) is 12.0. The van der Waals surface area contributed by atoms with E-state index in [0.29, 0.717) is 36.8 Å². The lowest BCUT2D eigenvalue weighted by Gasteiger charge is -2.17. The molecular weight excluding hydrogens is 474 g/mol. The van der Waals surface area contributed by atoms with Crippen LogP contribution < -0.4 is 25.3 Å². The molecule has 4 rings (SSSR count). The van der Waals surface area contributed by atoms with Gasteiger partial charge in [-0.15, -0.1) is 0 Å². The number of fused-ring (bicyclic) bond motifs is 1. The van der Waals surface area contributed by atoms with Crippen LogP contribution in [0.15, 0.2) is 48.5 Å². The van der Waals surface area contributed by atoms with Crippen LogP contribution in [0.5, 0.6) is 17.2 Å². The number of rotatable bonds is 9. The fourth-order valence-corrected chi connectivity index (χ4v) is 4.64. The van der Waals surface area contributed by atoms with Gasteiger partial charge in [-0.05, 0) is 52.1 Å². The van der Waals surface area contributed by atoms with E-state index in [-0.39, 0.29) is 30.7 Å². The number of likely N-dealkylation sites (tertiary alicyclic amines) is 1. The fraction of sp³-hybridized carbons (Fsp3) is 0.321. The molecule has 1 heterocycles. The molecule has 9 heteroatoms. The fourth-order valence-electron chi connectivity index (χ4n) is 4.64. The van der Waals surface area contributed by atoms with Gasteiger partial charge < -0.3 is 30.2 Å². The molecule has 0 bridgehead atoms. The van der Waals surface area contributed by atoms with E-state index >= 15 is 0 Å². The number of ether oxygens (including phenoxy) is 3. The molecular formula is C28H31N3O6. The van der Waals surface area contributed by atoms with Gasteiger partial charge in [-0.2, -0.15) is 0 Å². The van der Waals surface area contributed by atoms with Crippen LogP contribution in [0, 0.1) is 5.92 Å². The second-order valence-electron chi connectivity index (χ2n) is 9.00. The van der Waals surface area contributed by atoms with Crippen LogP contribution >= 0.6 is 0 Å². The summed E-state index contributed by atoms with van der Waals surface area (Å²) in [5, 5.41) is 4.57. The lowest BCUT2D eigenvalue weighted by molar-refractivity contribution is -0.130. The van der Waals surface area contributed by atoms with Crippen LogP contribution in [0.25, 0.3) is 21.9 Å². The van der Waals surface area contributed by atoms with Crippen LogP contribution in [0.1, 0.15) is 12.0 Å². The van der Waals surface area contributed by atoms with Crippen molar-refractivity contribution in [3.63, 3.8) is 0 Å². The Labute approximate surface area is 215 Å². The lowest BCUT2D eigenvalue weighted by Crippen LogP contribution is -2.39. The molecule has 0 saturated carbocycles. The Bertz CT molecular complexity index is 1310. The topological polar surface area (TPSA) is 120 Å². The molecule has 1 aliphatic heterocycles. The van der Waals surface area contributed by atoms with Gasteiger partial charge in [0.05, 0.1) is 40.2 Å². The summed E-state index contributed by atoms with van der Waals surface area (Å²) in [4.78, 5) is 37.6. The van der Waals surface area contributed by atoms with Crippen molar-refractivity contribution in [3.8, 4) is 28.4 Å². The third-order valence-corrected chi connectivity index (χ3v) is 6.61. The first-order chi connectivity index (χ1) is 17.8. The molecule has 9 nitrogen and oxygen atoms in total. The molecule has 1 unspecified atom stereocenters. The minimum absolute atomic E-state index is 0.0291. The van der Waals surface area contributed by atoms with E-state index in [9.17, 15) is 14.4 Å². The molecule has 1 aliphatic rings. The van der Waals surface area contributed by atoms with E-state index in [1.54, 1.807) is 26.2 Å². The van der Waals surface area contributed by atoms with E-state index in [0.717, 1.165) is 27.5 Å². The van der Waals surface area contributed by atoms with Gasteiger partial charge in [0, 0.05) is 13.1 Å². The quantitative estimate of drug-likeness (QED) is 0.461. The number of nitrogens with zero attached hydrogens (tertiary/aromatic N) is 1. The summed E-state index contributed by atoms with van der Waals surface area (Å²) in [5.74, 6) is 0.515. The smallest absolute Gasteiger partial charge is 0.236 e. The van der Waals surface area contributed by atoms with Gasteiger partial charge in [-0.1, -0.05) is 30.3 Å². The highest BCUT2D eigenvalue weighted by Gasteiger charge is 2.31. The first kappa shape index (κ1) is 25.8. The average molecular weight is 506 g/mol. The van der Waals surface area contributed by atoms with Crippen LogP contribution in [0.2, 0.25) is 0 Å². The van der Waals surface area contributed by atoms with Gasteiger partial charge in [0.25, 0.3) is 0 Å². The Morgan fingerprint density at radius 1 is 0.919 bits per heavy atom. The van der Waals surface area contributed by atoms with Crippen molar-refractivity contribution in [2.24, 2.45) is 11.7 Å². The van der Waals surface area contributed by atoms with E-state index in [2.05, 4.69) is 11.4 Å². The molecule has 3 N–H and O–H groups in total. The maximum atomic E-state index is 12.9. The van der Waals surface area contributed by atoms with E-state index in [4.69, 9.17) is 19.9 Å². The van der Waals surface area contributed by atoms with Gasteiger partial charge in [0.2, 0.25) is 23.5 Å². The molecule has 3 amide bonds. The molecule has 0 spiro atoms. The van der Waals surface area contributed by atoms with Gasteiger partial charge in [0.15, 0.2) is 11.5 Å². The monoisotopic (exact) mass is 505 g/mol. The highest BCUT2D eigenvalue weighted by atomic mass is 16.5. The molecule has 0 aromatic heterocycles. The van der Waals surface area contributed by atoms with E-state index in [1.165, 1.54) is 0 Å². The standard InChI is InChI=1S/C28H31N3O6/c1-35-23-13-22(14-24(36-2)27(23)37-3)20-7-6-18-10-17(4-5-19(18)12-20)11-26(33)31-9-8-21(16-31)28(34)30-15-25(29)32/h4-7,10,12-14,21H,8-9,11,15-16H2,1-3H3,(H2,29,32)(H,30,34). The van der Waals surface area contributed by atoms with E-state index in [1.807, 2.05) is 42.5 Å². The Hall–Kier alpha value is -4.27. The zero-order chi connectivity index (χ0) is 26.5. The molecule has 1 atom stereocenters. The first-order valence-corrected chi connectivity index (χ1v) is 12.0. The summed E-state index contributed by atoms with van der Waals surface area (Å²) in [5.41, 5.74) is 7.91. The third-order valence-electron chi connectivity index (χ3n) is 6.61. The predicted molar refractivity (Wildman–Crippen MR) is 140 cm³/mol. The van der Waals surface area contributed by atoms with E-state index < -0.39 is 5.91 Å². The van der Waals surface area contributed by atoms with Crippen molar-refractivity contribution in [1.82, 2.24) is 10.2 Å². The van der Waals surface area contributed by atoms with Crippen LogP contribution in [0.3, 0.4) is 0 Å². The lowest BCUT2D eigenvalue weighted by atomic mass is 9.98. The van der Waals surface area contributed by atoms with Crippen LogP contribution in [0.4, 0.5) is 0 Å². The normalized spacial score (nSPS) is 14.9. The number of nitrogens with one attached hydrogen (secondary N) is 1. The SMILES string of the molecule is COc1cc(-c2ccc3cc(CC(=O)N4CCC(C(=O)NCC(N)=O)C4)ccc3c2)cc(OC)c1OC. The summed E-state index contributed by atoms with van der Waals surface area (Å²) in [6.07, 6.45) is 0.817. The molecule has 3 aromatic carbocycles. The van der Waals surface area contributed by atoms with Crippen molar-refractivity contribution in [2.75, 3.05) is 41.0 Å². The number of carbonyl (C=O) groups is 3. The maximum Gasteiger partial charge on any atom is 0.236 e. The number of amides is 3. The van der Waals surface area contributed by atoms with Gasteiger partial charge >= 0.3 is 0 Å². The average Bonchev–Trinajstić information content (AvgIpc) is 3.41. The molecule has 37 heavy (non-hydrogen) atoms.